The first kappa shape index (κ1) is 16.0. The molecule has 0 saturated heterocycles. The SMILES string of the molecule is CC1(c2cccc3oc4ccc(Cl)cc4c23)c2ccccc2-c2ccccc21. The van der Waals surface area contributed by atoms with Crippen LogP contribution in [0.4, 0.5) is 0 Å². The summed E-state index contributed by atoms with van der Waals surface area (Å²) in [5, 5.41) is 2.94. The molecule has 0 atom stereocenters. The van der Waals surface area contributed by atoms with Crippen LogP contribution in [-0.4, -0.2) is 0 Å². The topological polar surface area (TPSA) is 13.1 Å². The van der Waals surface area contributed by atoms with Gasteiger partial charge in [0.05, 0.1) is 0 Å². The fourth-order valence-electron chi connectivity index (χ4n) is 4.96. The van der Waals surface area contributed by atoms with Crippen molar-refractivity contribution < 1.29 is 4.42 Å². The van der Waals surface area contributed by atoms with E-state index >= 15 is 0 Å². The molecule has 6 rings (SSSR count). The second-order valence-corrected chi connectivity index (χ2v) is 8.07. The third-order valence-electron chi connectivity index (χ3n) is 6.22. The minimum Gasteiger partial charge on any atom is -0.456 e. The van der Waals surface area contributed by atoms with E-state index in [0.717, 1.165) is 27.0 Å². The Labute approximate surface area is 168 Å². The molecule has 0 saturated carbocycles. The van der Waals surface area contributed by atoms with E-state index < -0.39 is 0 Å². The zero-order chi connectivity index (χ0) is 18.9. The Kier molecular flexibility index (Phi) is 3.14. The van der Waals surface area contributed by atoms with Gasteiger partial charge in [-0.1, -0.05) is 72.3 Å². The predicted octanol–water partition coefficient (Wildman–Crippen LogP) is 7.57. The van der Waals surface area contributed by atoms with E-state index in [1.807, 2.05) is 24.3 Å². The van der Waals surface area contributed by atoms with Crippen molar-refractivity contribution in [3.8, 4) is 11.1 Å². The molecular weight excluding hydrogens is 364 g/mol. The molecule has 1 aliphatic carbocycles. The Morgan fingerprint density at radius 2 is 1.32 bits per heavy atom. The van der Waals surface area contributed by atoms with Crippen molar-refractivity contribution in [2.45, 2.75) is 12.3 Å². The van der Waals surface area contributed by atoms with Gasteiger partial charge in [-0.25, -0.2) is 0 Å². The molecule has 0 spiro atoms. The van der Waals surface area contributed by atoms with E-state index in [2.05, 4.69) is 67.6 Å². The summed E-state index contributed by atoms with van der Waals surface area (Å²) in [6, 6.07) is 29.7. The van der Waals surface area contributed by atoms with Crippen LogP contribution in [0.3, 0.4) is 0 Å². The number of halogens is 1. The summed E-state index contributed by atoms with van der Waals surface area (Å²) < 4.78 is 6.17. The summed E-state index contributed by atoms with van der Waals surface area (Å²) in [6.07, 6.45) is 0. The molecule has 0 aliphatic heterocycles. The van der Waals surface area contributed by atoms with Crippen molar-refractivity contribution in [1.29, 1.82) is 0 Å². The Hall–Kier alpha value is -3.03. The van der Waals surface area contributed by atoms with E-state index in [1.54, 1.807) is 0 Å². The third-order valence-corrected chi connectivity index (χ3v) is 6.45. The maximum Gasteiger partial charge on any atom is 0.135 e. The fourth-order valence-corrected chi connectivity index (χ4v) is 5.13. The largest absolute Gasteiger partial charge is 0.456 e. The van der Waals surface area contributed by atoms with Crippen molar-refractivity contribution in [2.24, 2.45) is 0 Å². The summed E-state index contributed by atoms with van der Waals surface area (Å²) in [4.78, 5) is 0. The lowest BCUT2D eigenvalue weighted by Gasteiger charge is -2.29. The standard InChI is InChI=1S/C26H17ClO/c1-26(20-9-4-2-7-17(20)18-8-3-5-10-21(18)26)22-11-6-12-24-25(22)19-15-16(27)13-14-23(19)28-24/h2-15H,1H3. The van der Waals surface area contributed by atoms with Gasteiger partial charge >= 0.3 is 0 Å². The van der Waals surface area contributed by atoms with Crippen LogP contribution in [-0.2, 0) is 5.41 Å². The smallest absolute Gasteiger partial charge is 0.135 e. The molecule has 2 heteroatoms. The van der Waals surface area contributed by atoms with Gasteiger partial charge in [-0.2, -0.15) is 0 Å². The van der Waals surface area contributed by atoms with Gasteiger partial charge < -0.3 is 4.42 Å². The predicted molar refractivity (Wildman–Crippen MR) is 116 cm³/mol. The van der Waals surface area contributed by atoms with Crippen LogP contribution in [0.5, 0.6) is 0 Å². The highest BCUT2D eigenvalue weighted by molar-refractivity contribution is 6.31. The Bertz CT molecular complexity index is 1350. The molecule has 0 bridgehead atoms. The Morgan fingerprint density at radius 3 is 2.04 bits per heavy atom. The van der Waals surface area contributed by atoms with Crippen molar-refractivity contribution in [3.05, 3.63) is 107 Å². The molecule has 1 aromatic heterocycles. The lowest BCUT2D eigenvalue weighted by atomic mass is 9.73. The van der Waals surface area contributed by atoms with Crippen molar-refractivity contribution >= 4 is 33.5 Å². The fraction of sp³-hybridized carbons (Fsp3) is 0.0769. The Morgan fingerprint density at radius 1 is 0.679 bits per heavy atom. The lowest BCUT2D eigenvalue weighted by Crippen LogP contribution is -2.22. The van der Waals surface area contributed by atoms with Crippen LogP contribution in [0.15, 0.2) is 89.3 Å². The maximum atomic E-state index is 6.34. The molecule has 1 heterocycles. The highest BCUT2D eigenvalue weighted by Crippen LogP contribution is 2.54. The van der Waals surface area contributed by atoms with Crippen LogP contribution in [0.25, 0.3) is 33.1 Å². The summed E-state index contributed by atoms with van der Waals surface area (Å²) in [5.41, 5.74) is 8.05. The van der Waals surface area contributed by atoms with Gasteiger partial charge in [-0.15, -0.1) is 0 Å². The molecule has 28 heavy (non-hydrogen) atoms. The van der Waals surface area contributed by atoms with Crippen LogP contribution in [0.1, 0.15) is 23.6 Å². The van der Waals surface area contributed by atoms with Crippen LogP contribution >= 0.6 is 11.6 Å². The number of furan rings is 1. The second kappa shape index (κ2) is 5.50. The van der Waals surface area contributed by atoms with Crippen LogP contribution < -0.4 is 0 Å². The molecule has 0 fully saturated rings. The molecule has 1 aliphatic rings. The van der Waals surface area contributed by atoms with E-state index in [-0.39, 0.29) is 5.41 Å². The molecule has 134 valence electrons. The van der Waals surface area contributed by atoms with Gasteiger partial charge in [0.2, 0.25) is 0 Å². The quantitative estimate of drug-likeness (QED) is 0.292. The lowest BCUT2D eigenvalue weighted by molar-refractivity contribution is 0.666. The number of hydrogen-bond donors (Lipinski definition) is 0. The first-order chi connectivity index (χ1) is 13.7. The molecule has 0 unspecified atom stereocenters. The molecule has 0 N–H and O–H groups in total. The molecule has 5 aromatic rings. The zero-order valence-corrected chi connectivity index (χ0v) is 16.1. The first-order valence-electron chi connectivity index (χ1n) is 9.48. The highest BCUT2D eigenvalue weighted by Gasteiger charge is 2.41. The molecule has 1 nitrogen and oxygen atoms in total. The highest BCUT2D eigenvalue weighted by atomic mass is 35.5. The molecular formula is C26H17ClO. The monoisotopic (exact) mass is 380 g/mol. The molecule has 0 radical (unpaired) electrons. The van der Waals surface area contributed by atoms with Gasteiger partial charge in [0, 0.05) is 21.2 Å². The third kappa shape index (κ3) is 1.92. The number of rotatable bonds is 1. The number of hydrogen-bond acceptors (Lipinski definition) is 1. The van der Waals surface area contributed by atoms with E-state index in [1.165, 1.54) is 27.8 Å². The molecule has 0 amide bonds. The normalized spacial score (nSPS) is 14.4. The van der Waals surface area contributed by atoms with Gasteiger partial charge in [-0.05, 0) is 59.0 Å². The van der Waals surface area contributed by atoms with Crippen LogP contribution in [0, 0.1) is 0 Å². The van der Waals surface area contributed by atoms with Gasteiger partial charge in [0.1, 0.15) is 11.2 Å². The summed E-state index contributed by atoms with van der Waals surface area (Å²) in [5.74, 6) is 0. The van der Waals surface area contributed by atoms with Crippen LogP contribution in [0.2, 0.25) is 5.02 Å². The van der Waals surface area contributed by atoms with Crippen molar-refractivity contribution in [3.63, 3.8) is 0 Å². The van der Waals surface area contributed by atoms with Gasteiger partial charge in [0.15, 0.2) is 0 Å². The summed E-state index contributed by atoms with van der Waals surface area (Å²) in [7, 11) is 0. The number of benzene rings is 4. The zero-order valence-electron chi connectivity index (χ0n) is 15.4. The Balaban J connectivity index is 1.79. The van der Waals surface area contributed by atoms with E-state index in [0.29, 0.717) is 0 Å². The first-order valence-corrected chi connectivity index (χ1v) is 9.86. The minimum atomic E-state index is -0.258. The summed E-state index contributed by atoms with van der Waals surface area (Å²) >= 11 is 6.34. The average molecular weight is 381 g/mol. The summed E-state index contributed by atoms with van der Waals surface area (Å²) in [6.45, 7) is 2.33. The maximum absolute atomic E-state index is 6.34. The van der Waals surface area contributed by atoms with E-state index in [4.69, 9.17) is 16.0 Å². The van der Waals surface area contributed by atoms with Gasteiger partial charge in [0.25, 0.3) is 0 Å². The average Bonchev–Trinajstić information content (AvgIpc) is 3.23. The van der Waals surface area contributed by atoms with Gasteiger partial charge in [-0.3, -0.25) is 0 Å². The number of fused-ring (bicyclic) bond motifs is 6. The minimum absolute atomic E-state index is 0.258. The molecule has 4 aromatic carbocycles. The second-order valence-electron chi connectivity index (χ2n) is 7.64. The van der Waals surface area contributed by atoms with E-state index in [9.17, 15) is 0 Å². The van der Waals surface area contributed by atoms with Crippen molar-refractivity contribution in [2.75, 3.05) is 0 Å². The van der Waals surface area contributed by atoms with Crippen molar-refractivity contribution in [1.82, 2.24) is 0 Å².